The minimum absolute atomic E-state index is 0.0127. The number of hydrogen-bond donors (Lipinski definition) is 5. The van der Waals surface area contributed by atoms with Gasteiger partial charge in [-0.15, -0.1) is 0 Å². The number of carbonyl (C=O) groups is 1. The molecule has 0 bridgehead atoms. The standard InChI is InChI=1S/C13H15NO6S/c15-6-9(16)10(17)12(19)13(20,14-7-21)11(18)8-4-2-1-3-5-8/h1-5,9-10,12,15-17,19-20H,6H2. The van der Waals surface area contributed by atoms with E-state index in [2.05, 4.69) is 17.2 Å². The van der Waals surface area contributed by atoms with E-state index in [1.165, 1.54) is 24.3 Å². The average molecular weight is 313 g/mol. The number of Topliss-reactive ketones (excluding diaryl/α,β-unsaturated/α-hetero) is 1. The number of hydrogen-bond acceptors (Lipinski definition) is 8. The highest BCUT2D eigenvalue weighted by Gasteiger charge is 2.48. The third-order valence-electron chi connectivity index (χ3n) is 2.90. The first-order valence-corrected chi connectivity index (χ1v) is 6.35. The number of isothiocyanates is 1. The van der Waals surface area contributed by atoms with Crippen LogP contribution >= 0.6 is 12.2 Å². The zero-order valence-electron chi connectivity index (χ0n) is 10.8. The molecule has 4 unspecified atom stereocenters. The predicted molar refractivity (Wildman–Crippen MR) is 75.9 cm³/mol. The van der Waals surface area contributed by atoms with Crippen LogP contribution in [-0.2, 0) is 0 Å². The largest absolute Gasteiger partial charge is 0.394 e. The first-order chi connectivity index (χ1) is 9.88. The molecule has 0 heterocycles. The smallest absolute Gasteiger partial charge is 0.258 e. The Kier molecular flexibility index (Phi) is 6.25. The van der Waals surface area contributed by atoms with E-state index in [-0.39, 0.29) is 5.56 Å². The molecule has 114 valence electrons. The number of carbonyl (C=O) groups excluding carboxylic acids is 1. The molecule has 0 amide bonds. The van der Waals surface area contributed by atoms with Crippen molar-refractivity contribution in [3.63, 3.8) is 0 Å². The summed E-state index contributed by atoms with van der Waals surface area (Å²) in [7, 11) is 0. The van der Waals surface area contributed by atoms with Crippen molar-refractivity contribution < 1.29 is 30.3 Å². The fourth-order valence-corrected chi connectivity index (χ4v) is 1.82. The van der Waals surface area contributed by atoms with Crippen molar-refractivity contribution in [2.45, 2.75) is 24.0 Å². The minimum Gasteiger partial charge on any atom is -0.394 e. The molecule has 0 aliphatic rings. The second-order valence-corrected chi connectivity index (χ2v) is 4.49. The highest BCUT2D eigenvalue weighted by Crippen LogP contribution is 2.23. The lowest BCUT2D eigenvalue weighted by Crippen LogP contribution is -2.56. The summed E-state index contributed by atoms with van der Waals surface area (Å²) < 4.78 is 0. The molecule has 0 aliphatic carbocycles. The highest BCUT2D eigenvalue weighted by molar-refractivity contribution is 7.78. The Morgan fingerprint density at radius 2 is 1.86 bits per heavy atom. The summed E-state index contributed by atoms with van der Waals surface area (Å²) in [5.41, 5.74) is -2.81. The van der Waals surface area contributed by atoms with Crippen molar-refractivity contribution in [1.29, 1.82) is 0 Å². The Hall–Kier alpha value is -1.51. The van der Waals surface area contributed by atoms with Crippen LogP contribution < -0.4 is 0 Å². The second kappa shape index (κ2) is 7.48. The van der Waals surface area contributed by atoms with Gasteiger partial charge in [-0.2, -0.15) is 4.99 Å². The molecule has 0 radical (unpaired) electrons. The number of aliphatic imine (C=N–C) groups is 1. The van der Waals surface area contributed by atoms with Crippen molar-refractivity contribution in [2.24, 2.45) is 4.99 Å². The molecule has 8 heteroatoms. The Balaban J connectivity index is 3.19. The summed E-state index contributed by atoms with van der Waals surface area (Å²) in [6, 6.07) is 7.43. The lowest BCUT2D eigenvalue weighted by molar-refractivity contribution is -0.137. The maximum absolute atomic E-state index is 12.3. The predicted octanol–water partition coefficient (Wildman–Crippen LogP) is -1.26. The molecule has 7 nitrogen and oxygen atoms in total. The second-order valence-electron chi connectivity index (χ2n) is 4.31. The van der Waals surface area contributed by atoms with Gasteiger partial charge in [-0.25, -0.2) is 0 Å². The first-order valence-electron chi connectivity index (χ1n) is 5.94. The van der Waals surface area contributed by atoms with Crippen LogP contribution in [0.4, 0.5) is 0 Å². The molecule has 4 atom stereocenters. The van der Waals surface area contributed by atoms with Gasteiger partial charge in [-0.1, -0.05) is 30.3 Å². The van der Waals surface area contributed by atoms with Crippen molar-refractivity contribution in [1.82, 2.24) is 0 Å². The molecular formula is C13H15NO6S. The van der Waals surface area contributed by atoms with Crippen molar-refractivity contribution in [3.8, 4) is 0 Å². The Morgan fingerprint density at radius 1 is 1.29 bits per heavy atom. The molecule has 0 spiro atoms. The van der Waals surface area contributed by atoms with Gasteiger partial charge in [0.25, 0.3) is 5.72 Å². The molecule has 0 saturated heterocycles. The van der Waals surface area contributed by atoms with E-state index >= 15 is 0 Å². The van der Waals surface area contributed by atoms with Crippen LogP contribution in [0.25, 0.3) is 0 Å². The molecule has 1 aromatic rings. The number of ketones is 1. The summed E-state index contributed by atoms with van der Waals surface area (Å²) in [5, 5.41) is 49.7. The Bertz CT molecular complexity index is 533. The molecule has 0 aliphatic heterocycles. The van der Waals surface area contributed by atoms with E-state index in [1.54, 1.807) is 11.2 Å². The van der Waals surface area contributed by atoms with Gasteiger partial charge >= 0.3 is 0 Å². The van der Waals surface area contributed by atoms with Gasteiger partial charge in [-0.05, 0) is 12.2 Å². The summed E-state index contributed by atoms with van der Waals surface area (Å²) in [4.78, 5) is 15.5. The van der Waals surface area contributed by atoms with E-state index in [9.17, 15) is 25.2 Å². The van der Waals surface area contributed by atoms with E-state index in [0.717, 1.165) is 0 Å². The molecule has 1 rings (SSSR count). The molecule has 1 aromatic carbocycles. The summed E-state index contributed by atoms with van der Waals surface area (Å²) in [6.45, 7) is -0.880. The van der Waals surface area contributed by atoms with Crippen LogP contribution in [-0.4, -0.2) is 67.1 Å². The highest BCUT2D eigenvalue weighted by atomic mass is 32.1. The molecule has 5 N–H and O–H groups in total. The number of rotatable bonds is 7. The van der Waals surface area contributed by atoms with Gasteiger partial charge in [0.05, 0.1) is 11.8 Å². The van der Waals surface area contributed by atoms with Crippen LogP contribution in [0.1, 0.15) is 10.4 Å². The van der Waals surface area contributed by atoms with Gasteiger partial charge in [0.2, 0.25) is 5.78 Å². The van der Waals surface area contributed by atoms with Crippen LogP contribution in [0.3, 0.4) is 0 Å². The fraction of sp³-hybridized carbons (Fsp3) is 0.385. The number of benzene rings is 1. The maximum atomic E-state index is 12.3. The number of aliphatic hydroxyl groups excluding tert-OH is 4. The third kappa shape index (κ3) is 3.78. The van der Waals surface area contributed by atoms with Gasteiger partial charge < -0.3 is 25.5 Å². The van der Waals surface area contributed by atoms with Crippen LogP contribution in [0.2, 0.25) is 0 Å². The summed E-state index contributed by atoms with van der Waals surface area (Å²) in [5.74, 6) is -1.03. The Labute approximate surface area is 125 Å². The average Bonchev–Trinajstić information content (AvgIpc) is 2.52. The van der Waals surface area contributed by atoms with Gasteiger partial charge in [0.1, 0.15) is 18.3 Å². The van der Waals surface area contributed by atoms with Crippen molar-refractivity contribution >= 4 is 23.2 Å². The quantitative estimate of drug-likeness (QED) is 0.241. The summed E-state index contributed by atoms with van der Waals surface area (Å²) in [6.07, 6.45) is -5.99. The van der Waals surface area contributed by atoms with Gasteiger partial charge in [0, 0.05) is 5.56 Å². The normalized spacial score (nSPS) is 18.0. The lowest BCUT2D eigenvalue weighted by Gasteiger charge is -2.31. The summed E-state index contributed by atoms with van der Waals surface area (Å²) >= 11 is 4.34. The van der Waals surface area contributed by atoms with Crippen LogP contribution in [0.5, 0.6) is 0 Å². The van der Waals surface area contributed by atoms with Crippen LogP contribution in [0.15, 0.2) is 35.3 Å². The molecule has 21 heavy (non-hydrogen) atoms. The minimum atomic E-state index is -2.82. The van der Waals surface area contributed by atoms with Crippen molar-refractivity contribution in [3.05, 3.63) is 35.9 Å². The number of nitrogens with zero attached hydrogens (tertiary/aromatic N) is 1. The van der Waals surface area contributed by atoms with E-state index < -0.39 is 36.4 Å². The monoisotopic (exact) mass is 313 g/mol. The maximum Gasteiger partial charge on any atom is 0.258 e. The fourth-order valence-electron chi connectivity index (χ4n) is 1.68. The van der Waals surface area contributed by atoms with Gasteiger partial charge in [-0.3, -0.25) is 4.79 Å². The number of thiocarbonyl (C=S) groups is 1. The van der Waals surface area contributed by atoms with Crippen LogP contribution in [0, 0.1) is 0 Å². The zero-order chi connectivity index (χ0) is 16.0. The molecule has 0 saturated carbocycles. The topological polar surface area (TPSA) is 131 Å². The van der Waals surface area contributed by atoms with E-state index in [4.69, 9.17) is 5.11 Å². The first kappa shape index (κ1) is 17.5. The third-order valence-corrected chi connectivity index (χ3v) is 2.99. The van der Waals surface area contributed by atoms with E-state index in [1.807, 2.05) is 0 Å². The zero-order valence-corrected chi connectivity index (χ0v) is 11.6. The molecule has 0 fully saturated rings. The van der Waals surface area contributed by atoms with Gasteiger partial charge in [0.15, 0.2) is 0 Å². The molecular weight excluding hydrogens is 298 g/mol. The molecule has 0 aromatic heterocycles. The number of aliphatic hydroxyl groups is 5. The lowest BCUT2D eigenvalue weighted by atomic mass is 9.91. The Morgan fingerprint density at radius 3 is 2.33 bits per heavy atom. The van der Waals surface area contributed by atoms with Crippen molar-refractivity contribution in [2.75, 3.05) is 6.61 Å². The SMILES string of the molecule is O=C(c1ccccc1)C(O)(N=C=S)C(O)C(O)C(O)CO. The van der Waals surface area contributed by atoms with E-state index in [0.29, 0.717) is 0 Å².